The molecule has 4 nitrogen and oxygen atoms in total. The van der Waals surface area contributed by atoms with Crippen LogP contribution >= 0.6 is 0 Å². The van der Waals surface area contributed by atoms with E-state index < -0.39 is 0 Å². The molecule has 2 N–H and O–H groups in total. The van der Waals surface area contributed by atoms with Crippen molar-refractivity contribution in [3.05, 3.63) is 47.2 Å². The van der Waals surface area contributed by atoms with Crippen molar-refractivity contribution in [2.45, 2.75) is 112 Å². The Morgan fingerprint density at radius 1 is 1.06 bits per heavy atom. The summed E-state index contributed by atoms with van der Waals surface area (Å²) in [4.78, 5) is 12.2. The fourth-order valence-corrected chi connectivity index (χ4v) is 5.06. The number of fused-ring (bicyclic) bond motifs is 1. The van der Waals surface area contributed by atoms with Crippen LogP contribution in [0, 0.1) is 23.7 Å². The van der Waals surface area contributed by atoms with Gasteiger partial charge in [-0.1, -0.05) is 84.3 Å². The molecule has 1 amide bonds. The Morgan fingerprint density at radius 3 is 2.40 bits per heavy atom. The minimum Gasteiger partial charge on any atom is -0.512 e. The number of carbonyl (C=O) groups is 1. The van der Waals surface area contributed by atoms with Crippen molar-refractivity contribution in [2.75, 3.05) is 6.54 Å². The number of ether oxygens (including phenoxy) is 1. The minimum absolute atomic E-state index is 0.0712. The number of carbonyl (C=O) groups excluding carboxylic acids is 1. The predicted molar refractivity (Wildman–Crippen MR) is 147 cm³/mol. The summed E-state index contributed by atoms with van der Waals surface area (Å²) in [5, 5.41) is 12.8. The first-order valence-corrected chi connectivity index (χ1v) is 14.1. The van der Waals surface area contributed by atoms with Crippen LogP contribution in [0.5, 0.6) is 0 Å². The third-order valence-corrected chi connectivity index (χ3v) is 7.50. The molecule has 0 spiro atoms. The van der Waals surface area contributed by atoms with Gasteiger partial charge >= 0.3 is 0 Å². The maximum atomic E-state index is 12.2. The number of hydrogen-bond donors (Lipinski definition) is 2. The highest BCUT2D eigenvalue weighted by Gasteiger charge is 2.29. The molecule has 4 heteroatoms. The topological polar surface area (TPSA) is 58.6 Å². The second-order valence-electron chi connectivity index (χ2n) is 11.5. The van der Waals surface area contributed by atoms with Crippen LogP contribution in [-0.2, 0) is 9.53 Å². The third-order valence-electron chi connectivity index (χ3n) is 7.50. The second-order valence-corrected chi connectivity index (χ2v) is 11.5. The number of aliphatic hydroxyl groups is 1. The molecule has 0 saturated heterocycles. The normalized spacial score (nSPS) is 19.4. The van der Waals surface area contributed by atoms with E-state index in [1.165, 1.54) is 56.9 Å². The van der Waals surface area contributed by atoms with Crippen molar-refractivity contribution in [3.63, 3.8) is 0 Å². The van der Waals surface area contributed by atoms with Gasteiger partial charge in [-0.2, -0.15) is 0 Å². The van der Waals surface area contributed by atoms with E-state index in [-0.39, 0.29) is 11.8 Å². The number of rotatable bonds is 17. The van der Waals surface area contributed by atoms with Gasteiger partial charge < -0.3 is 15.2 Å². The summed E-state index contributed by atoms with van der Waals surface area (Å²) in [7, 11) is 0. The molecule has 35 heavy (non-hydrogen) atoms. The number of hydrogen-bond acceptors (Lipinski definition) is 3. The fourth-order valence-electron chi connectivity index (χ4n) is 5.06. The smallest absolute Gasteiger partial charge is 0.223 e. The molecule has 0 saturated carbocycles. The van der Waals surface area contributed by atoms with E-state index in [1.54, 1.807) is 12.3 Å². The van der Waals surface area contributed by atoms with Crippen molar-refractivity contribution in [1.82, 2.24) is 5.32 Å². The van der Waals surface area contributed by atoms with Gasteiger partial charge in [0.1, 0.15) is 5.76 Å². The minimum atomic E-state index is 0.0712. The summed E-state index contributed by atoms with van der Waals surface area (Å²) in [6.07, 6.45) is 20.9. The summed E-state index contributed by atoms with van der Waals surface area (Å²) in [5.74, 6) is 3.97. The number of nitrogens with one attached hydrogen (secondary N) is 1. The summed E-state index contributed by atoms with van der Waals surface area (Å²) in [6.45, 7) is 12.2. The molecule has 2 rings (SSSR count). The first-order valence-electron chi connectivity index (χ1n) is 14.1. The average molecular weight is 486 g/mol. The van der Waals surface area contributed by atoms with E-state index in [1.807, 2.05) is 6.08 Å². The van der Waals surface area contributed by atoms with Crippen LogP contribution in [0.2, 0.25) is 0 Å². The van der Waals surface area contributed by atoms with Crippen molar-refractivity contribution < 1.29 is 14.6 Å². The highest BCUT2D eigenvalue weighted by molar-refractivity contribution is 5.77. The maximum Gasteiger partial charge on any atom is 0.223 e. The predicted octanol–water partition coefficient (Wildman–Crippen LogP) is 8.53. The van der Waals surface area contributed by atoms with Gasteiger partial charge in [0.25, 0.3) is 0 Å². The van der Waals surface area contributed by atoms with Gasteiger partial charge in [-0.3, -0.25) is 4.79 Å². The number of allylic oxidation sites excluding steroid dienone is 5. The lowest BCUT2D eigenvalue weighted by atomic mass is 9.90. The van der Waals surface area contributed by atoms with E-state index in [0.29, 0.717) is 25.1 Å². The SMILES string of the molecule is C/C(=C\CC(=O)NCCC1=COC2=CC=C(O)CC12)CCCC(C)CCCC(C)CCCC(C)C. The summed E-state index contributed by atoms with van der Waals surface area (Å²) in [6, 6.07) is 0. The molecule has 2 aliphatic rings. The monoisotopic (exact) mass is 485 g/mol. The zero-order valence-electron chi connectivity index (χ0n) is 23.1. The van der Waals surface area contributed by atoms with Crippen LogP contribution in [0.3, 0.4) is 0 Å². The lowest BCUT2D eigenvalue weighted by Crippen LogP contribution is -2.24. The van der Waals surface area contributed by atoms with Crippen molar-refractivity contribution >= 4 is 5.91 Å². The standard InChI is InChI=1S/C31H51NO3/c1-23(2)9-6-10-24(3)11-7-12-25(4)13-8-14-26(5)15-18-31(34)32-20-19-27-22-35-30-17-16-28(33)21-29(27)30/h15-17,22-25,29,33H,6-14,18-21H2,1-5H3,(H,32,34)/b26-15+. The van der Waals surface area contributed by atoms with Crippen LogP contribution in [-0.4, -0.2) is 17.6 Å². The van der Waals surface area contributed by atoms with Gasteiger partial charge in [0.05, 0.1) is 12.0 Å². The molecule has 198 valence electrons. The van der Waals surface area contributed by atoms with Gasteiger partial charge in [-0.15, -0.1) is 0 Å². The van der Waals surface area contributed by atoms with Crippen LogP contribution in [0.4, 0.5) is 0 Å². The Bertz CT molecular complexity index is 774. The first-order chi connectivity index (χ1) is 16.7. The number of aliphatic hydroxyl groups excluding tert-OH is 1. The molecule has 1 aliphatic carbocycles. The van der Waals surface area contributed by atoms with Gasteiger partial charge in [0.15, 0.2) is 0 Å². The molecule has 0 fully saturated rings. The lowest BCUT2D eigenvalue weighted by Gasteiger charge is -2.17. The summed E-state index contributed by atoms with van der Waals surface area (Å²) < 4.78 is 5.58. The van der Waals surface area contributed by atoms with Crippen LogP contribution < -0.4 is 5.32 Å². The fraction of sp³-hybridized carbons (Fsp3) is 0.710. The Kier molecular flexibility index (Phi) is 13.3. The molecule has 1 heterocycles. The van der Waals surface area contributed by atoms with Crippen LogP contribution in [0.1, 0.15) is 112 Å². The van der Waals surface area contributed by atoms with Crippen LogP contribution in [0.15, 0.2) is 47.2 Å². The molecule has 1 aliphatic heterocycles. The molecule has 0 aromatic carbocycles. The van der Waals surface area contributed by atoms with Crippen molar-refractivity contribution in [2.24, 2.45) is 23.7 Å². The maximum absolute atomic E-state index is 12.2. The Labute approximate surface area is 215 Å². The zero-order valence-corrected chi connectivity index (χ0v) is 23.1. The molecular weight excluding hydrogens is 434 g/mol. The number of amides is 1. The van der Waals surface area contributed by atoms with Crippen molar-refractivity contribution in [1.29, 1.82) is 0 Å². The third kappa shape index (κ3) is 12.0. The molecule has 0 radical (unpaired) electrons. The molecule has 0 bridgehead atoms. The largest absolute Gasteiger partial charge is 0.512 e. The first kappa shape index (κ1) is 29.3. The molecule has 0 aromatic heterocycles. The van der Waals surface area contributed by atoms with Crippen molar-refractivity contribution in [3.8, 4) is 0 Å². The second kappa shape index (κ2) is 15.9. The summed E-state index contributed by atoms with van der Waals surface area (Å²) in [5.41, 5.74) is 2.45. The van der Waals surface area contributed by atoms with Crippen LogP contribution in [0.25, 0.3) is 0 Å². The molecule has 0 aromatic rings. The molecular formula is C31H51NO3. The van der Waals surface area contributed by atoms with Gasteiger partial charge in [0, 0.05) is 25.3 Å². The zero-order chi connectivity index (χ0) is 25.6. The van der Waals surface area contributed by atoms with E-state index in [0.717, 1.165) is 41.9 Å². The Hall–Kier alpha value is -1.97. The Balaban J connectivity index is 1.50. The Morgan fingerprint density at radius 2 is 1.71 bits per heavy atom. The molecule has 3 unspecified atom stereocenters. The van der Waals surface area contributed by atoms with E-state index in [9.17, 15) is 9.90 Å². The summed E-state index contributed by atoms with van der Waals surface area (Å²) >= 11 is 0. The van der Waals surface area contributed by atoms with E-state index in [4.69, 9.17) is 4.74 Å². The molecule has 3 atom stereocenters. The highest BCUT2D eigenvalue weighted by atomic mass is 16.5. The van der Waals surface area contributed by atoms with Gasteiger partial charge in [-0.25, -0.2) is 0 Å². The van der Waals surface area contributed by atoms with E-state index in [2.05, 4.69) is 46.0 Å². The average Bonchev–Trinajstić information content (AvgIpc) is 3.19. The van der Waals surface area contributed by atoms with E-state index >= 15 is 0 Å². The van der Waals surface area contributed by atoms with Gasteiger partial charge in [-0.05, 0) is 61.7 Å². The quantitative estimate of drug-likeness (QED) is 0.203. The highest BCUT2D eigenvalue weighted by Crippen LogP contribution is 2.37. The lowest BCUT2D eigenvalue weighted by molar-refractivity contribution is -0.120. The van der Waals surface area contributed by atoms with Gasteiger partial charge in [0.2, 0.25) is 5.91 Å².